The number of hydrogen-bond acceptors (Lipinski definition) is 1. The second kappa shape index (κ2) is 2.36. The number of rotatable bonds is 2. The molecule has 1 fully saturated rings. The van der Waals surface area contributed by atoms with Gasteiger partial charge in [-0.3, -0.25) is 4.79 Å². The quantitative estimate of drug-likeness (QED) is 0.617. The van der Waals surface area contributed by atoms with Crippen LogP contribution in [0.3, 0.4) is 0 Å². The Balaban J connectivity index is 2.68. The van der Waals surface area contributed by atoms with E-state index in [0.29, 0.717) is 0 Å². The summed E-state index contributed by atoms with van der Waals surface area (Å²) in [4.78, 5) is 10.6. The molecule has 0 bridgehead atoms. The van der Waals surface area contributed by atoms with Crippen molar-refractivity contribution in [1.82, 2.24) is 0 Å². The fraction of sp³-hybridized carbons (Fsp3) is 0.667. The summed E-state index contributed by atoms with van der Waals surface area (Å²) in [6, 6.07) is 0. The lowest BCUT2D eigenvalue weighted by Gasteiger charge is -1.95. The van der Waals surface area contributed by atoms with E-state index in [1.807, 2.05) is 32.9 Å². The van der Waals surface area contributed by atoms with Gasteiger partial charge in [-0.25, -0.2) is 0 Å². The maximum Gasteiger partial charge on any atom is 0.307 e. The highest BCUT2D eigenvalue weighted by Gasteiger charge is 2.60. The van der Waals surface area contributed by atoms with E-state index in [-0.39, 0.29) is 17.3 Å². The summed E-state index contributed by atoms with van der Waals surface area (Å²) >= 11 is 0. The number of allylic oxidation sites excluding steroid dienone is 2. The normalized spacial score (nSPS) is 34.1. The largest absolute Gasteiger partial charge is 0.481 e. The molecular formula is C9H14O2. The highest BCUT2D eigenvalue weighted by atomic mass is 16.4. The van der Waals surface area contributed by atoms with Crippen LogP contribution in [0.15, 0.2) is 12.2 Å². The molecule has 0 saturated heterocycles. The topological polar surface area (TPSA) is 37.3 Å². The highest BCUT2D eigenvalue weighted by Crippen LogP contribution is 2.58. The van der Waals surface area contributed by atoms with Crippen molar-refractivity contribution < 1.29 is 9.90 Å². The van der Waals surface area contributed by atoms with Crippen molar-refractivity contribution in [3.05, 3.63) is 12.2 Å². The molecule has 0 aliphatic heterocycles. The average Bonchev–Trinajstić information content (AvgIpc) is 2.35. The fourth-order valence-electron chi connectivity index (χ4n) is 1.72. The van der Waals surface area contributed by atoms with Crippen molar-refractivity contribution in [3.8, 4) is 0 Å². The number of carboxylic acids is 1. The van der Waals surface area contributed by atoms with Crippen LogP contribution in [-0.2, 0) is 4.79 Å². The van der Waals surface area contributed by atoms with Crippen molar-refractivity contribution in [2.45, 2.75) is 20.8 Å². The van der Waals surface area contributed by atoms with Crippen molar-refractivity contribution in [2.24, 2.45) is 17.3 Å². The van der Waals surface area contributed by atoms with Crippen molar-refractivity contribution in [1.29, 1.82) is 0 Å². The summed E-state index contributed by atoms with van der Waals surface area (Å²) < 4.78 is 0. The maximum atomic E-state index is 10.6. The molecule has 1 rings (SSSR count). The summed E-state index contributed by atoms with van der Waals surface area (Å²) in [6.45, 7) is 5.92. The third kappa shape index (κ3) is 1.17. The first-order chi connectivity index (χ1) is 5.01. The zero-order valence-electron chi connectivity index (χ0n) is 7.16. The lowest BCUT2D eigenvalue weighted by molar-refractivity contribution is -0.139. The molecule has 0 aromatic carbocycles. The van der Waals surface area contributed by atoms with E-state index in [1.165, 1.54) is 0 Å². The van der Waals surface area contributed by atoms with Gasteiger partial charge in [-0.15, -0.1) is 0 Å². The zero-order valence-corrected chi connectivity index (χ0v) is 7.16. The molecule has 2 heteroatoms. The molecule has 1 saturated carbocycles. The van der Waals surface area contributed by atoms with Crippen LogP contribution in [0, 0.1) is 17.3 Å². The van der Waals surface area contributed by atoms with Crippen LogP contribution in [0.1, 0.15) is 20.8 Å². The van der Waals surface area contributed by atoms with Crippen molar-refractivity contribution >= 4 is 5.97 Å². The van der Waals surface area contributed by atoms with Crippen LogP contribution in [-0.4, -0.2) is 11.1 Å². The Labute approximate surface area is 66.9 Å². The highest BCUT2D eigenvalue weighted by molar-refractivity contribution is 5.76. The number of hydrogen-bond donors (Lipinski definition) is 1. The van der Waals surface area contributed by atoms with E-state index in [0.717, 1.165) is 0 Å². The first kappa shape index (κ1) is 8.31. The van der Waals surface area contributed by atoms with E-state index in [4.69, 9.17) is 5.11 Å². The lowest BCUT2D eigenvalue weighted by atomic mass is 10.1. The summed E-state index contributed by atoms with van der Waals surface area (Å²) in [6.07, 6.45) is 3.91. The molecule has 0 amide bonds. The summed E-state index contributed by atoms with van der Waals surface area (Å²) in [5.74, 6) is -0.596. The standard InChI is InChI=1S/C9H14O2/c1-4-5-6-7(8(10)11)9(6,2)3/h4-7H,1-3H3,(H,10,11)/b5-4+/t6-,7?/m0/s1. The maximum absolute atomic E-state index is 10.6. The van der Waals surface area contributed by atoms with Crippen LogP contribution < -0.4 is 0 Å². The number of aliphatic carboxylic acids is 1. The van der Waals surface area contributed by atoms with Gasteiger partial charge in [0.05, 0.1) is 5.92 Å². The van der Waals surface area contributed by atoms with Gasteiger partial charge < -0.3 is 5.11 Å². The molecular weight excluding hydrogens is 140 g/mol. The first-order valence-electron chi connectivity index (χ1n) is 3.87. The molecule has 0 aromatic heterocycles. The third-order valence-corrected chi connectivity index (χ3v) is 2.58. The molecule has 62 valence electrons. The zero-order chi connectivity index (χ0) is 8.65. The minimum Gasteiger partial charge on any atom is -0.481 e. The van der Waals surface area contributed by atoms with Gasteiger partial charge in [0.15, 0.2) is 0 Å². The Morgan fingerprint density at radius 1 is 1.55 bits per heavy atom. The van der Waals surface area contributed by atoms with Gasteiger partial charge >= 0.3 is 5.97 Å². The molecule has 1 unspecified atom stereocenters. The van der Waals surface area contributed by atoms with Gasteiger partial charge in [0, 0.05) is 0 Å². The van der Waals surface area contributed by atoms with Crippen molar-refractivity contribution in [2.75, 3.05) is 0 Å². The summed E-state index contributed by atoms with van der Waals surface area (Å²) in [5, 5.41) is 8.75. The predicted molar refractivity (Wildman–Crippen MR) is 43.2 cm³/mol. The van der Waals surface area contributed by atoms with Gasteiger partial charge in [0.2, 0.25) is 0 Å². The molecule has 11 heavy (non-hydrogen) atoms. The molecule has 0 radical (unpaired) electrons. The van der Waals surface area contributed by atoms with Crippen LogP contribution in [0.4, 0.5) is 0 Å². The van der Waals surface area contributed by atoms with Gasteiger partial charge in [0.25, 0.3) is 0 Å². The second-order valence-electron chi connectivity index (χ2n) is 3.69. The Kier molecular flexibility index (Phi) is 1.78. The van der Waals surface area contributed by atoms with E-state index in [1.54, 1.807) is 0 Å². The molecule has 1 aliphatic carbocycles. The van der Waals surface area contributed by atoms with Gasteiger partial charge in [-0.05, 0) is 18.3 Å². The van der Waals surface area contributed by atoms with Crippen LogP contribution in [0.2, 0.25) is 0 Å². The molecule has 1 aliphatic rings. The summed E-state index contributed by atoms with van der Waals surface area (Å²) in [7, 11) is 0. The number of carboxylic acid groups (broad SMARTS) is 1. The lowest BCUT2D eigenvalue weighted by Crippen LogP contribution is -2.02. The minimum atomic E-state index is -0.668. The fourth-order valence-corrected chi connectivity index (χ4v) is 1.72. The SMILES string of the molecule is C/C=C/[C@H]1C(C(=O)O)C1(C)C. The molecule has 2 atom stereocenters. The predicted octanol–water partition coefficient (Wildman–Crippen LogP) is 1.92. The summed E-state index contributed by atoms with van der Waals surface area (Å²) in [5.41, 5.74) is -0.0294. The van der Waals surface area contributed by atoms with E-state index in [2.05, 4.69) is 0 Å². The molecule has 0 spiro atoms. The number of carbonyl (C=O) groups is 1. The van der Waals surface area contributed by atoms with Gasteiger partial charge in [-0.2, -0.15) is 0 Å². The monoisotopic (exact) mass is 154 g/mol. The Morgan fingerprint density at radius 3 is 2.36 bits per heavy atom. The minimum absolute atomic E-state index is 0.0294. The van der Waals surface area contributed by atoms with E-state index < -0.39 is 5.97 Å². The molecule has 1 N–H and O–H groups in total. The van der Waals surface area contributed by atoms with Crippen LogP contribution >= 0.6 is 0 Å². The van der Waals surface area contributed by atoms with Gasteiger partial charge in [0.1, 0.15) is 0 Å². The average molecular weight is 154 g/mol. The van der Waals surface area contributed by atoms with Gasteiger partial charge in [-0.1, -0.05) is 26.0 Å². The smallest absolute Gasteiger partial charge is 0.307 e. The molecule has 0 aromatic rings. The van der Waals surface area contributed by atoms with Crippen molar-refractivity contribution in [3.63, 3.8) is 0 Å². The Morgan fingerprint density at radius 2 is 2.09 bits per heavy atom. The van der Waals surface area contributed by atoms with Crippen LogP contribution in [0.5, 0.6) is 0 Å². The molecule has 2 nitrogen and oxygen atoms in total. The second-order valence-corrected chi connectivity index (χ2v) is 3.69. The van der Waals surface area contributed by atoms with Crippen LogP contribution in [0.25, 0.3) is 0 Å². The Bertz CT molecular complexity index is 204. The first-order valence-corrected chi connectivity index (χ1v) is 3.87. The Hall–Kier alpha value is -0.790. The van der Waals surface area contributed by atoms with E-state index in [9.17, 15) is 4.79 Å². The molecule has 0 heterocycles. The van der Waals surface area contributed by atoms with E-state index >= 15 is 0 Å². The third-order valence-electron chi connectivity index (χ3n) is 2.58.